The Morgan fingerprint density at radius 3 is 3.00 bits per heavy atom. The molecule has 2 heterocycles. The minimum Gasteiger partial charge on any atom is -0.379 e. The Hall–Kier alpha value is 0.0200. The maximum atomic E-state index is 5.96. The molecule has 1 aromatic heterocycles. The summed E-state index contributed by atoms with van der Waals surface area (Å²) in [5, 5.41) is 0.741. The van der Waals surface area contributed by atoms with Crippen LogP contribution in [0.4, 0.5) is 0 Å². The van der Waals surface area contributed by atoms with Gasteiger partial charge >= 0.3 is 0 Å². The molecule has 0 bridgehead atoms. The molecule has 96 valence electrons. The molecule has 1 aromatic carbocycles. The Labute approximate surface area is 122 Å². The van der Waals surface area contributed by atoms with Crippen molar-refractivity contribution in [3.05, 3.63) is 23.2 Å². The predicted octanol–water partition coefficient (Wildman–Crippen LogP) is 3.94. The summed E-state index contributed by atoms with van der Waals surface area (Å²) in [4.78, 5) is 4.58. The molecule has 0 atom stereocenters. The van der Waals surface area contributed by atoms with E-state index in [1.165, 1.54) is 4.70 Å². The minimum atomic E-state index is 0.741. The Morgan fingerprint density at radius 2 is 2.17 bits per heavy atom. The van der Waals surface area contributed by atoms with Crippen LogP contribution in [0.2, 0.25) is 5.02 Å². The standard InChI is InChI=1S/C11H11ClN2OS3/c12-8-1-2-10-9(7-8)13-11(16-10)17-18-14-3-5-15-6-4-14/h1-2,7H,3-6H2. The van der Waals surface area contributed by atoms with Gasteiger partial charge in [-0.15, -0.1) is 11.3 Å². The SMILES string of the molecule is Clc1ccc2sc(SSN3CCOCC3)nc2c1. The van der Waals surface area contributed by atoms with Gasteiger partial charge in [0.1, 0.15) is 0 Å². The van der Waals surface area contributed by atoms with Crippen LogP contribution in [0.1, 0.15) is 0 Å². The molecular formula is C11H11ClN2OS3. The van der Waals surface area contributed by atoms with Crippen molar-refractivity contribution in [2.75, 3.05) is 26.3 Å². The van der Waals surface area contributed by atoms with Crippen molar-refractivity contribution in [3.63, 3.8) is 0 Å². The molecule has 1 aliphatic rings. The lowest BCUT2D eigenvalue weighted by Crippen LogP contribution is -2.30. The zero-order valence-corrected chi connectivity index (χ0v) is 12.7. The molecule has 7 heteroatoms. The van der Waals surface area contributed by atoms with Crippen molar-refractivity contribution in [3.8, 4) is 0 Å². The van der Waals surface area contributed by atoms with Crippen LogP contribution in [-0.2, 0) is 4.74 Å². The van der Waals surface area contributed by atoms with Gasteiger partial charge in [0, 0.05) is 18.1 Å². The number of thiazole rings is 1. The molecule has 0 amide bonds. The lowest BCUT2D eigenvalue weighted by molar-refractivity contribution is 0.0779. The minimum absolute atomic E-state index is 0.741. The zero-order valence-electron chi connectivity index (χ0n) is 9.47. The summed E-state index contributed by atoms with van der Waals surface area (Å²) < 4.78 is 9.89. The van der Waals surface area contributed by atoms with Gasteiger partial charge in [0.2, 0.25) is 0 Å². The molecule has 2 aromatic rings. The number of morpholine rings is 1. The Bertz CT molecular complexity index is 542. The molecule has 0 aliphatic carbocycles. The average molecular weight is 319 g/mol. The molecule has 0 spiro atoms. The van der Waals surface area contributed by atoms with Gasteiger partial charge in [-0.3, -0.25) is 0 Å². The van der Waals surface area contributed by atoms with E-state index in [1.54, 1.807) is 33.1 Å². The summed E-state index contributed by atoms with van der Waals surface area (Å²) in [5.41, 5.74) is 0.984. The van der Waals surface area contributed by atoms with Crippen molar-refractivity contribution >= 4 is 54.9 Å². The fourth-order valence-electron chi connectivity index (χ4n) is 1.62. The van der Waals surface area contributed by atoms with E-state index in [2.05, 4.69) is 9.29 Å². The fraction of sp³-hybridized carbons (Fsp3) is 0.364. The molecule has 0 radical (unpaired) electrons. The first-order valence-corrected chi connectivity index (χ1v) is 8.85. The summed E-state index contributed by atoms with van der Waals surface area (Å²) in [7, 11) is 3.46. The van der Waals surface area contributed by atoms with E-state index in [-0.39, 0.29) is 0 Å². The van der Waals surface area contributed by atoms with E-state index in [0.717, 1.165) is 41.2 Å². The molecule has 1 saturated heterocycles. The summed E-state index contributed by atoms with van der Waals surface area (Å²) >= 11 is 7.67. The van der Waals surface area contributed by atoms with Gasteiger partial charge < -0.3 is 4.74 Å². The molecule has 3 rings (SSSR count). The number of hydrogen-bond donors (Lipinski definition) is 0. The van der Waals surface area contributed by atoms with Gasteiger partial charge in [-0.05, 0) is 40.0 Å². The third kappa shape index (κ3) is 3.12. The maximum absolute atomic E-state index is 5.96. The third-order valence-electron chi connectivity index (χ3n) is 2.51. The highest BCUT2D eigenvalue weighted by atomic mass is 35.5. The smallest absolute Gasteiger partial charge is 0.162 e. The van der Waals surface area contributed by atoms with Crippen LogP contribution in [0, 0.1) is 0 Å². The lowest BCUT2D eigenvalue weighted by atomic mass is 10.3. The van der Waals surface area contributed by atoms with Crippen molar-refractivity contribution in [1.82, 2.24) is 9.29 Å². The predicted molar refractivity (Wildman–Crippen MR) is 80.5 cm³/mol. The number of nitrogens with zero attached hydrogens (tertiary/aromatic N) is 2. The number of benzene rings is 1. The summed E-state index contributed by atoms with van der Waals surface area (Å²) in [6, 6.07) is 5.85. The zero-order chi connectivity index (χ0) is 12.4. The topological polar surface area (TPSA) is 25.4 Å². The summed E-state index contributed by atoms with van der Waals surface area (Å²) in [6.07, 6.45) is 0. The molecule has 0 unspecified atom stereocenters. The van der Waals surface area contributed by atoms with Crippen LogP contribution >= 0.6 is 44.7 Å². The second-order valence-electron chi connectivity index (χ2n) is 3.79. The van der Waals surface area contributed by atoms with E-state index in [4.69, 9.17) is 16.3 Å². The Balaban J connectivity index is 1.67. The number of rotatable bonds is 3. The highest BCUT2D eigenvalue weighted by Gasteiger charge is 2.13. The second-order valence-corrected chi connectivity index (χ2v) is 7.68. The maximum Gasteiger partial charge on any atom is 0.162 e. The monoisotopic (exact) mass is 318 g/mol. The van der Waals surface area contributed by atoms with E-state index in [9.17, 15) is 0 Å². The van der Waals surface area contributed by atoms with Crippen LogP contribution in [0.25, 0.3) is 10.2 Å². The van der Waals surface area contributed by atoms with Gasteiger partial charge in [-0.2, -0.15) is 0 Å². The van der Waals surface area contributed by atoms with Crippen molar-refractivity contribution in [2.24, 2.45) is 0 Å². The fourth-order valence-corrected chi connectivity index (χ4v) is 5.12. The van der Waals surface area contributed by atoms with Crippen molar-refractivity contribution < 1.29 is 4.74 Å². The lowest BCUT2D eigenvalue weighted by Gasteiger charge is -2.23. The van der Waals surface area contributed by atoms with Gasteiger partial charge in [0.05, 0.1) is 23.4 Å². The normalized spacial score (nSPS) is 17.4. The number of hydrogen-bond acceptors (Lipinski definition) is 6. The molecule has 0 N–H and O–H groups in total. The number of aromatic nitrogens is 1. The highest BCUT2D eigenvalue weighted by molar-refractivity contribution is 8.76. The van der Waals surface area contributed by atoms with Crippen molar-refractivity contribution in [1.29, 1.82) is 0 Å². The molecule has 3 nitrogen and oxygen atoms in total. The number of ether oxygens (including phenoxy) is 1. The summed E-state index contributed by atoms with van der Waals surface area (Å²) in [6.45, 7) is 3.61. The first kappa shape index (κ1) is 13.0. The molecule has 1 fully saturated rings. The Kier molecular flexibility index (Phi) is 4.33. The summed E-state index contributed by atoms with van der Waals surface area (Å²) in [5.74, 6) is 0. The highest BCUT2D eigenvalue weighted by Crippen LogP contribution is 2.39. The Morgan fingerprint density at radius 1 is 1.33 bits per heavy atom. The van der Waals surface area contributed by atoms with Crippen LogP contribution in [-0.4, -0.2) is 35.6 Å². The van der Waals surface area contributed by atoms with Gasteiger partial charge in [0.15, 0.2) is 4.34 Å². The quantitative estimate of drug-likeness (QED) is 0.630. The van der Waals surface area contributed by atoms with Crippen LogP contribution in [0.5, 0.6) is 0 Å². The van der Waals surface area contributed by atoms with Crippen LogP contribution < -0.4 is 0 Å². The number of halogens is 1. The first-order valence-electron chi connectivity index (χ1n) is 5.55. The van der Waals surface area contributed by atoms with E-state index in [0.29, 0.717) is 0 Å². The van der Waals surface area contributed by atoms with E-state index >= 15 is 0 Å². The van der Waals surface area contributed by atoms with Gasteiger partial charge in [0.25, 0.3) is 0 Å². The first-order chi connectivity index (χ1) is 8.81. The van der Waals surface area contributed by atoms with Crippen molar-refractivity contribution in [2.45, 2.75) is 4.34 Å². The number of fused-ring (bicyclic) bond motifs is 1. The average Bonchev–Trinajstić information content (AvgIpc) is 2.79. The van der Waals surface area contributed by atoms with E-state index in [1.807, 2.05) is 18.2 Å². The van der Waals surface area contributed by atoms with Crippen LogP contribution in [0.15, 0.2) is 22.5 Å². The van der Waals surface area contributed by atoms with E-state index < -0.39 is 0 Å². The van der Waals surface area contributed by atoms with Gasteiger partial charge in [-0.1, -0.05) is 11.6 Å². The van der Waals surface area contributed by atoms with Gasteiger partial charge in [-0.25, -0.2) is 9.29 Å². The third-order valence-corrected chi connectivity index (χ3v) is 6.61. The molecule has 1 aliphatic heterocycles. The largest absolute Gasteiger partial charge is 0.379 e. The second kappa shape index (κ2) is 5.98. The molecule has 0 saturated carbocycles. The molecular weight excluding hydrogens is 308 g/mol. The van der Waals surface area contributed by atoms with Crippen LogP contribution in [0.3, 0.4) is 0 Å². The molecule has 18 heavy (non-hydrogen) atoms.